The van der Waals surface area contributed by atoms with E-state index in [-0.39, 0.29) is 0 Å². The Morgan fingerprint density at radius 3 is 2.72 bits per heavy atom. The number of hydrogen-bond acceptors (Lipinski definition) is 3. The van der Waals surface area contributed by atoms with Gasteiger partial charge in [-0.15, -0.1) is 0 Å². The smallest absolute Gasteiger partial charge is 0.132 e. The lowest BCUT2D eigenvalue weighted by Gasteiger charge is -2.21. The van der Waals surface area contributed by atoms with Crippen LogP contribution >= 0.6 is 0 Å². The molecule has 0 saturated heterocycles. The molecule has 1 N–H and O–H groups in total. The van der Waals surface area contributed by atoms with Crippen molar-refractivity contribution in [2.75, 3.05) is 0 Å². The molecule has 2 aliphatic rings. The van der Waals surface area contributed by atoms with Crippen molar-refractivity contribution in [3.63, 3.8) is 0 Å². The van der Waals surface area contributed by atoms with Crippen LogP contribution in [0.25, 0.3) is 0 Å². The molecular formula is C15H23N3. The molecule has 0 bridgehead atoms. The second kappa shape index (κ2) is 5.35. The van der Waals surface area contributed by atoms with Crippen molar-refractivity contribution in [2.45, 2.75) is 70.9 Å². The average Bonchev–Trinajstić information content (AvgIpc) is 2.88. The molecule has 98 valence electrons. The van der Waals surface area contributed by atoms with E-state index in [0.717, 1.165) is 25.3 Å². The number of rotatable bonds is 3. The number of aryl methyl sites for hydroxylation is 1. The molecule has 1 saturated carbocycles. The molecule has 0 unspecified atom stereocenters. The first kappa shape index (κ1) is 12.1. The zero-order valence-corrected chi connectivity index (χ0v) is 11.3. The van der Waals surface area contributed by atoms with Gasteiger partial charge in [0.2, 0.25) is 0 Å². The van der Waals surface area contributed by atoms with Crippen LogP contribution in [-0.2, 0) is 19.5 Å². The Balaban J connectivity index is 1.92. The first-order valence-corrected chi connectivity index (χ1v) is 7.47. The zero-order chi connectivity index (χ0) is 12.4. The molecule has 0 spiro atoms. The molecule has 1 aromatic rings. The lowest BCUT2D eigenvalue weighted by atomic mass is 9.88. The van der Waals surface area contributed by atoms with E-state index in [1.165, 1.54) is 55.5 Å². The molecule has 3 nitrogen and oxygen atoms in total. The van der Waals surface area contributed by atoms with Crippen LogP contribution in [0, 0.1) is 0 Å². The SMILES string of the molecule is CCCc1nc(C2CCCCC2)nc2c1CNC2. The summed E-state index contributed by atoms with van der Waals surface area (Å²) < 4.78 is 0. The molecule has 3 rings (SSSR count). The fraction of sp³-hybridized carbons (Fsp3) is 0.733. The lowest BCUT2D eigenvalue weighted by Crippen LogP contribution is -2.13. The topological polar surface area (TPSA) is 37.8 Å². The van der Waals surface area contributed by atoms with Gasteiger partial charge in [-0.3, -0.25) is 0 Å². The maximum Gasteiger partial charge on any atom is 0.132 e. The Hall–Kier alpha value is -0.960. The van der Waals surface area contributed by atoms with Gasteiger partial charge in [0.1, 0.15) is 5.82 Å². The summed E-state index contributed by atoms with van der Waals surface area (Å²) in [5.41, 5.74) is 3.97. The Morgan fingerprint density at radius 1 is 1.11 bits per heavy atom. The van der Waals surface area contributed by atoms with Crippen LogP contribution in [0.4, 0.5) is 0 Å². The third-order valence-electron chi connectivity index (χ3n) is 4.25. The predicted octanol–water partition coefficient (Wildman–Crippen LogP) is 3.08. The molecule has 1 fully saturated rings. The second-order valence-electron chi connectivity index (χ2n) is 5.64. The molecule has 3 heteroatoms. The maximum atomic E-state index is 4.91. The first-order valence-electron chi connectivity index (χ1n) is 7.47. The molecule has 0 radical (unpaired) electrons. The molecule has 0 aromatic carbocycles. The van der Waals surface area contributed by atoms with E-state index in [1.54, 1.807) is 0 Å². The number of aromatic nitrogens is 2. The highest BCUT2D eigenvalue weighted by Gasteiger charge is 2.23. The van der Waals surface area contributed by atoms with Gasteiger partial charge in [0, 0.05) is 30.3 Å². The van der Waals surface area contributed by atoms with E-state index >= 15 is 0 Å². The van der Waals surface area contributed by atoms with Gasteiger partial charge < -0.3 is 5.32 Å². The summed E-state index contributed by atoms with van der Waals surface area (Å²) in [6.07, 6.45) is 8.96. The van der Waals surface area contributed by atoms with Crippen molar-refractivity contribution in [3.05, 3.63) is 22.8 Å². The largest absolute Gasteiger partial charge is 0.307 e. The van der Waals surface area contributed by atoms with Crippen LogP contribution in [0.1, 0.15) is 74.1 Å². The minimum Gasteiger partial charge on any atom is -0.307 e. The van der Waals surface area contributed by atoms with Crippen LogP contribution in [0.15, 0.2) is 0 Å². The third-order valence-corrected chi connectivity index (χ3v) is 4.25. The summed E-state index contributed by atoms with van der Waals surface area (Å²) in [5.74, 6) is 1.76. The number of fused-ring (bicyclic) bond motifs is 1. The average molecular weight is 245 g/mol. The fourth-order valence-corrected chi connectivity index (χ4v) is 3.25. The highest BCUT2D eigenvalue weighted by molar-refractivity contribution is 5.30. The molecule has 2 heterocycles. The van der Waals surface area contributed by atoms with Crippen molar-refractivity contribution >= 4 is 0 Å². The van der Waals surface area contributed by atoms with E-state index < -0.39 is 0 Å². The highest BCUT2D eigenvalue weighted by Crippen LogP contribution is 2.32. The summed E-state index contributed by atoms with van der Waals surface area (Å²) >= 11 is 0. The minimum absolute atomic E-state index is 0.625. The first-order chi connectivity index (χ1) is 8.88. The van der Waals surface area contributed by atoms with Crippen LogP contribution in [-0.4, -0.2) is 9.97 Å². The molecule has 0 amide bonds. The number of nitrogens with zero attached hydrogens (tertiary/aromatic N) is 2. The predicted molar refractivity (Wildman–Crippen MR) is 72.4 cm³/mol. The van der Waals surface area contributed by atoms with Crippen molar-refractivity contribution in [1.29, 1.82) is 0 Å². The Kier molecular flexibility index (Phi) is 3.59. The molecule has 0 atom stereocenters. The summed E-state index contributed by atoms with van der Waals surface area (Å²) in [5, 5.41) is 3.41. The Labute approximate surface area is 109 Å². The van der Waals surface area contributed by atoms with Crippen LogP contribution in [0.3, 0.4) is 0 Å². The maximum absolute atomic E-state index is 4.91. The Morgan fingerprint density at radius 2 is 1.94 bits per heavy atom. The van der Waals surface area contributed by atoms with E-state index in [2.05, 4.69) is 12.2 Å². The molecule has 1 aliphatic heterocycles. The minimum atomic E-state index is 0.625. The molecule has 1 aliphatic carbocycles. The number of hydrogen-bond donors (Lipinski definition) is 1. The van der Waals surface area contributed by atoms with Gasteiger partial charge in [-0.05, 0) is 19.3 Å². The van der Waals surface area contributed by atoms with E-state index in [9.17, 15) is 0 Å². The molecule has 18 heavy (non-hydrogen) atoms. The quantitative estimate of drug-likeness (QED) is 0.889. The summed E-state index contributed by atoms with van der Waals surface area (Å²) in [4.78, 5) is 9.75. The van der Waals surface area contributed by atoms with Gasteiger partial charge in [-0.1, -0.05) is 32.6 Å². The van der Waals surface area contributed by atoms with Gasteiger partial charge >= 0.3 is 0 Å². The highest BCUT2D eigenvalue weighted by atomic mass is 15.0. The van der Waals surface area contributed by atoms with E-state index in [0.29, 0.717) is 5.92 Å². The van der Waals surface area contributed by atoms with Crippen LogP contribution < -0.4 is 5.32 Å². The summed E-state index contributed by atoms with van der Waals surface area (Å²) in [7, 11) is 0. The van der Waals surface area contributed by atoms with Crippen molar-refractivity contribution < 1.29 is 0 Å². The van der Waals surface area contributed by atoms with Gasteiger partial charge in [0.05, 0.1) is 5.69 Å². The summed E-state index contributed by atoms with van der Waals surface area (Å²) in [6.45, 7) is 4.14. The zero-order valence-electron chi connectivity index (χ0n) is 11.3. The van der Waals surface area contributed by atoms with Gasteiger partial charge in [0.15, 0.2) is 0 Å². The Bertz CT molecular complexity index is 422. The second-order valence-corrected chi connectivity index (χ2v) is 5.64. The van der Waals surface area contributed by atoms with Gasteiger partial charge in [0.25, 0.3) is 0 Å². The summed E-state index contributed by atoms with van der Waals surface area (Å²) in [6, 6.07) is 0. The van der Waals surface area contributed by atoms with Crippen molar-refractivity contribution in [2.24, 2.45) is 0 Å². The monoisotopic (exact) mass is 245 g/mol. The van der Waals surface area contributed by atoms with Crippen molar-refractivity contribution in [1.82, 2.24) is 15.3 Å². The normalized spacial score (nSPS) is 20.1. The third kappa shape index (κ3) is 2.28. The van der Waals surface area contributed by atoms with E-state index in [1.807, 2.05) is 0 Å². The molecule has 1 aromatic heterocycles. The fourth-order valence-electron chi connectivity index (χ4n) is 3.25. The van der Waals surface area contributed by atoms with Gasteiger partial charge in [-0.2, -0.15) is 0 Å². The number of nitrogens with one attached hydrogen (secondary N) is 1. The lowest BCUT2D eigenvalue weighted by molar-refractivity contribution is 0.426. The van der Waals surface area contributed by atoms with Gasteiger partial charge in [-0.25, -0.2) is 9.97 Å². The van der Waals surface area contributed by atoms with Crippen LogP contribution in [0.5, 0.6) is 0 Å². The molecular weight excluding hydrogens is 222 g/mol. The standard InChI is InChI=1S/C15H23N3/c1-2-6-13-12-9-16-10-14(12)18-15(17-13)11-7-4-3-5-8-11/h11,16H,2-10H2,1H3. The van der Waals surface area contributed by atoms with Crippen molar-refractivity contribution in [3.8, 4) is 0 Å². The van der Waals surface area contributed by atoms with Crippen LogP contribution in [0.2, 0.25) is 0 Å². The van der Waals surface area contributed by atoms with E-state index in [4.69, 9.17) is 9.97 Å².